The van der Waals surface area contributed by atoms with Gasteiger partial charge in [0.05, 0.1) is 11.7 Å². The zero-order valence-corrected chi connectivity index (χ0v) is 9.45. The molecule has 0 aromatic carbocycles. The molecule has 2 unspecified atom stereocenters. The molecule has 0 aromatic rings. The Morgan fingerprint density at radius 1 is 1.36 bits per heavy atom. The molecular formula is C11H22O3. The first kappa shape index (κ1) is 12.0. The zero-order valence-electron chi connectivity index (χ0n) is 9.45. The van der Waals surface area contributed by atoms with E-state index in [0.29, 0.717) is 6.61 Å². The van der Waals surface area contributed by atoms with Gasteiger partial charge in [0, 0.05) is 20.8 Å². The Morgan fingerprint density at radius 3 is 2.36 bits per heavy atom. The number of methoxy groups -OCH3 is 2. The minimum absolute atomic E-state index is 0.246. The van der Waals surface area contributed by atoms with Gasteiger partial charge in [-0.2, -0.15) is 0 Å². The minimum Gasteiger partial charge on any atom is -0.390 e. The molecule has 3 nitrogen and oxygen atoms in total. The molecule has 84 valence electrons. The summed E-state index contributed by atoms with van der Waals surface area (Å²) in [6, 6.07) is 0. The van der Waals surface area contributed by atoms with E-state index in [-0.39, 0.29) is 17.6 Å². The van der Waals surface area contributed by atoms with Gasteiger partial charge < -0.3 is 14.6 Å². The van der Waals surface area contributed by atoms with Crippen molar-refractivity contribution in [3.05, 3.63) is 0 Å². The largest absolute Gasteiger partial charge is 0.390 e. The van der Waals surface area contributed by atoms with Gasteiger partial charge in [-0.05, 0) is 31.6 Å². The second-order valence-corrected chi connectivity index (χ2v) is 4.33. The van der Waals surface area contributed by atoms with Crippen molar-refractivity contribution in [3.8, 4) is 0 Å². The topological polar surface area (TPSA) is 38.7 Å². The van der Waals surface area contributed by atoms with Crippen LogP contribution in [0.2, 0.25) is 0 Å². The summed E-state index contributed by atoms with van der Waals surface area (Å²) in [5.74, 6) is 0.246. The lowest BCUT2D eigenvalue weighted by atomic mass is 9.71. The van der Waals surface area contributed by atoms with Crippen LogP contribution in [0.25, 0.3) is 0 Å². The van der Waals surface area contributed by atoms with Crippen LogP contribution < -0.4 is 0 Å². The molecular weight excluding hydrogens is 180 g/mol. The van der Waals surface area contributed by atoms with Crippen LogP contribution in [-0.4, -0.2) is 37.6 Å². The summed E-state index contributed by atoms with van der Waals surface area (Å²) in [5.41, 5.74) is -0.257. The van der Waals surface area contributed by atoms with Crippen molar-refractivity contribution in [1.29, 1.82) is 0 Å². The molecule has 0 saturated heterocycles. The highest BCUT2D eigenvalue weighted by atomic mass is 16.5. The van der Waals surface area contributed by atoms with Crippen LogP contribution in [-0.2, 0) is 9.47 Å². The Bertz CT molecular complexity index is 160. The lowest BCUT2D eigenvalue weighted by molar-refractivity contribution is -0.166. The van der Waals surface area contributed by atoms with E-state index in [2.05, 4.69) is 6.92 Å². The SMILES string of the molecule is COCCC(C)C(O)C1(OC)CCC1. The van der Waals surface area contributed by atoms with Crippen LogP contribution in [0.1, 0.15) is 32.6 Å². The first-order valence-electron chi connectivity index (χ1n) is 5.38. The van der Waals surface area contributed by atoms with Crippen molar-refractivity contribution in [2.45, 2.75) is 44.3 Å². The number of aliphatic hydroxyl groups is 1. The van der Waals surface area contributed by atoms with E-state index in [1.165, 1.54) is 6.42 Å². The van der Waals surface area contributed by atoms with E-state index < -0.39 is 0 Å². The van der Waals surface area contributed by atoms with Crippen molar-refractivity contribution in [1.82, 2.24) is 0 Å². The van der Waals surface area contributed by atoms with Gasteiger partial charge in [-0.25, -0.2) is 0 Å². The van der Waals surface area contributed by atoms with E-state index in [0.717, 1.165) is 19.3 Å². The molecule has 0 amide bonds. The van der Waals surface area contributed by atoms with E-state index in [1.807, 2.05) is 0 Å². The van der Waals surface area contributed by atoms with Gasteiger partial charge in [-0.15, -0.1) is 0 Å². The van der Waals surface area contributed by atoms with Crippen LogP contribution >= 0.6 is 0 Å². The average molecular weight is 202 g/mol. The Hall–Kier alpha value is -0.120. The average Bonchev–Trinajstić information content (AvgIpc) is 2.13. The molecule has 14 heavy (non-hydrogen) atoms. The number of ether oxygens (including phenoxy) is 2. The van der Waals surface area contributed by atoms with Crippen molar-refractivity contribution in [2.24, 2.45) is 5.92 Å². The molecule has 3 heteroatoms. The minimum atomic E-state index is -0.351. The molecule has 0 bridgehead atoms. The van der Waals surface area contributed by atoms with Gasteiger partial charge in [0.2, 0.25) is 0 Å². The number of hydrogen-bond donors (Lipinski definition) is 1. The summed E-state index contributed by atoms with van der Waals surface area (Å²) in [4.78, 5) is 0. The Kier molecular flexibility index (Phi) is 4.35. The zero-order chi connectivity index (χ0) is 10.6. The maximum atomic E-state index is 10.1. The van der Waals surface area contributed by atoms with Crippen molar-refractivity contribution < 1.29 is 14.6 Å². The molecule has 0 aliphatic heterocycles. The Labute approximate surface area is 86.4 Å². The summed E-state index contributed by atoms with van der Waals surface area (Å²) in [6.45, 7) is 2.76. The molecule has 1 fully saturated rings. The molecule has 2 atom stereocenters. The highest BCUT2D eigenvalue weighted by Crippen LogP contribution is 2.40. The molecule has 0 heterocycles. The standard InChI is InChI=1S/C11H22O3/c1-9(5-8-13-2)10(12)11(14-3)6-4-7-11/h9-10,12H,4-8H2,1-3H3. The van der Waals surface area contributed by atoms with E-state index in [9.17, 15) is 5.11 Å². The third-order valence-electron chi connectivity index (χ3n) is 3.46. The van der Waals surface area contributed by atoms with E-state index >= 15 is 0 Å². The maximum absolute atomic E-state index is 10.1. The lowest BCUT2D eigenvalue weighted by Gasteiger charge is -2.46. The van der Waals surface area contributed by atoms with Gasteiger partial charge in [-0.3, -0.25) is 0 Å². The van der Waals surface area contributed by atoms with Crippen molar-refractivity contribution in [2.75, 3.05) is 20.8 Å². The molecule has 0 radical (unpaired) electrons. The summed E-state index contributed by atoms with van der Waals surface area (Å²) < 4.78 is 10.5. The van der Waals surface area contributed by atoms with Gasteiger partial charge in [0.1, 0.15) is 0 Å². The quantitative estimate of drug-likeness (QED) is 0.711. The van der Waals surface area contributed by atoms with Crippen LogP contribution in [0, 0.1) is 5.92 Å². The first-order chi connectivity index (χ1) is 6.66. The summed E-state index contributed by atoms with van der Waals surface area (Å²) in [7, 11) is 3.39. The smallest absolute Gasteiger partial charge is 0.0939 e. The molecule has 1 N–H and O–H groups in total. The summed E-state index contributed by atoms with van der Waals surface area (Å²) >= 11 is 0. The fraction of sp³-hybridized carbons (Fsp3) is 1.00. The predicted molar refractivity (Wildman–Crippen MR) is 55.3 cm³/mol. The van der Waals surface area contributed by atoms with Crippen LogP contribution in [0.3, 0.4) is 0 Å². The van der Waals surface area contributed by atoms with Crippen LogP contribution in [0.15, 0.2) is 0 Å². The molecule has 0 aromatic heterocycles. The molecule has 1 saturated carbocycles. The molecule has 1 rings (SSSR count). The predicted octanol–water partition coefficient (Wildman–Crippen LogP) is 1.59. The van der Waals surface area contributed by atoms with Crippen LogP contribution in [0.5, 0.6) is 0 Å². The van der Waals surface area contributed by atoms with Gasteiger partial charge >= 0.3 is 0 Å². The van der Waals surface area contributed by atoms with Gasteiger partial charge in [0.25, 0.3) is 0 Å². The first-order valence-corrected chi connectivity index (χ1v) is 5.38. The molecule has 1 aliphatic rings. The van der Waals surface area contributed by atoms with Gasteiger partial charge in [-0.1, -0.05) is 6.92 Å². The normalized spacial score (nSPS) is 24.0. The highest BCUT2D eigenvalue weighted by Gasteiger charge is 2.45. The fourth-order valence-electron chi connectivity index (χ4n) is 2.13. The monoisotopic (exact) mass is 202 g/mol. The summed E-state index contributed by atoms with van der Waals surface area (Å²) in [6.07, 6.45) is 3.69. The third-order valence-corrected chi connectivity index (χ3v) is 3.46. The van der Waals surface area contributed by atoms with E-state index in [1.54, 1.807) is 14.2 Å². The lowest BCUT2D eigenvalue weighted by Crippen LogP contribution is -2.52. The van der Waals surface area contributed by atoms with Gasteiger partial charge in [0.15, 0.2) is 0 Å². The second kappa shape index (κ2) is 5.10. The maximum Gasteiger partial charge on any atom is 0.0939 e. The van der Waals surface area contributed by atoms with Crippen LogP contribution in [0.4, 0.5) is 0 Å². The Morgan fingerprint density at radius 2 is 2.00 bits per heavy atom. The Balaban J connectivity index is 2.41. The third kappa shape index (κ3) is 2.27. The van der Waals surface area contributed by atoms with E-state index in [4.69, 9.17) is 9.47 Å². The highest BCUT2D eigenvalue weighted by molar-refractivity contribution is 4.97. The fourth-order valence-corrected chi connectivity index (χ4v) is 2.13. The molecule has 0 spiro atoms. The molecule has 1 aliphatic carbocycles. The number of aliphatic hydroxyl groups excluding tert-OH is 1. The second-order valence-electron chi connectivity index (χ2n) is 4.33. The number of rotatable bonds is 6. The summed E-state index contributed by atoms with van der Waals surface area (Å²) in [5, 5.41) is 10.1. The van der Waals surface area contributed by atoms with Crippen molar-refractivity contribution >= 4 is 0 Å². The van der Waals surface area contributed by atoms with Crippen molar-refractivity contribution in [3.63, 3.8) is 0 Å². The number of hydrogen-bond acceptors (Lipinski definition) is 3.